The van der Waals surface area contributed by atoms with Crippen LogP contribution in [0.2, 0.25) is 0 Å². The third-order valence-electron chi connectivity index (χ3n) is 3.60. The Hall–Kier alpha value is -2.35. The van der Waals surface area contributed by atoms with Crippen molar-refractivity contribution < 1.29 is 8.42 Å². The van der Waals surface area contributed by atoms with E-state index in [-0.39, 0.29) is 4.90 Å². The van der Waals surface area contributed by atoms with Crippen LogP contribution < -0.4 is 4.72 Å². The minimum atomic E-state index is -3.48. The van der Waals surface area contributed by atoms with Crippen molar-refractivity contribution in [1.82, 2.24) is 4.72 Å². The molecule has 0 fully saturated rings. The van der Waals surface area contributed by atoms with E-state index in [0.29, 0.717) is 19.4 Å². The molecule has 0 atom stereocenters. The van der Waals surface area contributed by atoms with E-state index >= 15 is 0 Å². The zero-order valence-electron chi connectivity index (χ0n) is 13.7. The maximum Gasteiger partial charge on any atom is 0.240 e. The molecular formula is C20H21NO2S. The Morgan fingerprint density at radius 3 is 2.12 bits per heavy atom. The summed E-state index contributed by atoms with van der Waals surface area (Å²) in [5.41, 5.74) is 4.02. The van der Waals surface area contributed by atoms with Crippen LogP contribution in [0.1, 0.15) is 18.9 Å². The highest BCUT2D eigenvalue weighted by molar-refractivity contribution is 7.89. The summed E-state index contributed by atoms with van der Waals surface area (Å²) < 4.78 is 27.0. The van der Waals surface area contributed by atoms with Gasteiger partial charge in [0.1, 0.15) is 0 Å². The Kier molecular flexibility index (Phi) is 5.97. The van der Waals surface area contributed by atoms with E-state index in [1.54, 1.807) is 12.1 Å². The highest BCUT2D eigenvalue weighted by Crippen LogP contribution is 2.22. The normalized spacial score (nSPS) is 11.0. The molecule has 1 N–H and O–H groups in total. The van der Waals surface area contributed by atoms with Gasteiger partial charge in [-0.05, 0) is 42.2 Å². The van der Waals surface area contributed by atoms with Crippen LogP contribution in [0.4, 0.5) is 0 Å². The van der Waals surface area contributed by atoms with Gasteiger partial charge < -0.3 is 0 Å². The zero-order chi connectivity index (χ0) is 17.6. The number of nitrogens with one attached hydrogen (secondary N) is 1. The quantitative estimate of drug-likeness (QED) is 0.616. The highest BCUT2D eigenvalue weighted by Gasteiger charge is 2.13. The van der Waals surface area contributed by atoms with E-state index in [2.05, 4.69) is 17.2 Å². The van der Waals surface area contributed by atoms with Gasteiger partial charge in [0.15, 0.2) is 0 Å². The Labute approximate surface area is 144 Å². The lowest BCUT2D eigenvalue weighted by Gasteiger charge is -2.08. The molecule has 0 radical (unpaired) electrons. The molecule has 124 valence electrons. The maximum absolute atomic E-state index is 12.2. The Morgan fingerprint density at radius 1 is 1.08 bits per heavy atom. The molecule has 0 amide bonds. The van der Waals surface area contributed by atoms with Gasteiger partial charge >= 0.3 is 0 Å². The van der Waals surface area contributed by atoms with Crippen molar-refractivity contribution in [3.63, 3.8) is 0 Å². The summed E-state index contributed by atoms with van der Waals surface area (Å²) in [4.78, 5) is 0.261. The van der Waals surface area contributed by atoms with E-state index in [4.69, 9.17) is 6.42 Å². The molecule has 0 heterocycles. The summed E-state index contributed by atoms with van der Waals surface area (Å²) in [6, 6.07) is 14.8. The van der Waals surface area contributed by atoms with Crippen molar-refractivity contribution in [1.29, 1.82) is 0 Å². The zero-order valence-corrected chi connectivity index (χ0v) is 14.6. The predicted octanol–water partition coefficient (Wildman–Crippen LogP) is 3.77. The summed E-state index contributed by atoms with van der Waals surface area (Å²) in [6.07, 6.45) is 6.53. The molecule has 0 aliphatic heterocycles. The molecule has 4 heteroatoms. The largest absolute Gasteiger partial charge is 0.240 e. The topological polar surface area (TPSA) is 46.2 Å². The Balaban J connectivity index is 2.12. The molecule has 0 unspecified atom stereocenters. The van der Waals surface area contributed by atoms with Crippen molar-refractivity contribution in [2.45, 2.75) is 24.7 Å². The molecular weight excluding hydrogens is 318 g/mol. The van der Waals surface area contributed by atoms with Crippen molar-refractivity contribution in [3.05, 3.63) is 66.2 Å². The molecule has 0 saturated carbocycles. The van der Waals surface area contributed by atoms with E-state index in [0.717, 1.165) is 22.3 Å². The van der Waals surface area contributed by atoms with Gasteiger partial charge in [0.05, 0.1) is 4.90 Å². The molecule has 0 bridgehead atoms. The first-order chi connectivity index (χ1) is 11.4. The second-order valence-electron chi connectivity index (χ2n) is 5.71. The smallest absolute Gasteiger partial charge is 0.211 e. The third kappa shape index (κ3) is 4.82. The number of rotatable bonds is 7. The molecule has 0 aliphatic rings. The van der Waals surface area contributed by atoms with Crippen LogP contribution in [-0.2, 0) is 16.4 Å². The van der Waals surface area contributed by atoms with Crippen LogP contribution in [0.15, 0.2) is 65.6 Å². The van der Waals surface area contributed by atoms with Crippen LogP contribution in [-0.4, -0.2) is 15.0 Å². The van der Waals surface area contributed by atoms with E-state index in [1.807, 2.05) is 43.3 Å². The van der Waals surface area contributed by atoms with Gasteiger partial charge in [-0.3, -0.25) is 0 Å². The van der Waals surface area contributed by atoms with Crippen molar-refractivity contribution in [2.24, 2.45) is 0 Å². The van der Waals surface area contributed by atoms with Crippen molar-refractivity contribution in [2.75, 3.05) is 6.54 Å². The number of terminal acetylenes is 1. The van der Waals surface area contributed by atoms with Crippen molar-refractivity contribution >= 4 is 10.0 Å². The van der Waals surface area contributed by atoms with Gasteiger partial charge in [0, 0.05) is 13.0 Å². The highest BCUT2D eigenvalue weighted by atomic mass is 32.2. The first-order valence-corrected chi connectivity index (χ1v) is 9.17. The molecule has 24 heavy (non-hydrogen) atoms. The van der Waals surface area contributed by atoms with E-state index in [1.165, 1.54) is 0 Å². The Morgan fingerprint density at radius 2 is 1.62 bits per heavy atom. The first kappa shape index (κ1) is 18.0. The van der Waals surface area contributed by atoms with E-state index in [9.17, 15) is 8.42 Å². The average molecular weight is 339 g/mol. The second-order valence-corrected chi connectivity index (χ2v) is 7.47. The van der Waals surface area contributed by atoms with Crippen LogP contribution in [0.5, 0.6) is 0 Å². The molecule has 0 spiro atoms. The molecule has 0 aromatic heterocycles. The van der Waals surface area contributed by atoms with E-state index < -0.39 is 10.0 Å². The Bertz CT molecular complexity index is 842. The monoisotopic (exact) mass is 339 g/mol. The van der Waals surface area contributed by atoms with Gasteiger partial charge in [-0.2, -0.15) is 0 Å². The van der Waals surface area contributed by atoms with Crippen LogP contribution >= 0.6 is 0 Å². The minimum absolute atomic E-state index is 0.261. The maximum atomic E-state index is 12.2. The molecule has 2 aromatic rings. The SMILES string of the molecule is C#CCc1ccc(-c2ccc(S(=O)(=O)NCCC(=C)C)cc2)cc1. The van der Waals surface area contributed by atoms with Gasteiger partial charge in [0.2, 0.25) is 10.0 Å². The van der Waals surface area contributed by atoms with Crippen molar-refractivity contribution in [3.8, 4) is 23.5 Å². The van der Waals surface area contributed by atoms with Gasteiger partial charge in [0.25, 0.3) is 0 Å². The lowest BCUT2D eigenvalue weighted by Crippen LogP contribution is -2.24. The summed E-state index contributed by atoms with van der Waals surface area (Å²) in [5, 5.41) is 0. The number of sulfonamides is 1. The molecule has 2 rings (SSSR count). The fraction of sp³-hybridized carbons (Fsp3) is 0.200. The average Bonchev–Trinajstić information content (AvgIpc) is 2.55. The standard InChI is InChI=1S/C20H21NO2S/c1-4-5-17-6-8-18(9-7-17)19-10-12-20(13-11-19)24(22,23)21-15-14-16(2)3/h1,6-13,21H,2,5,14-15H2,3H3. The number of hydrogen-bond acceptors (Lipinski definition) is 2. The number of benzene rings is 2. The van der Waals surface area contributed by atoms with Gasteiger partial charge in [-0.1, -0.05) is 42.0 Å². The molecule has 2 aromatic carbocycles. The third-order valence-corrected chi connectivity index (χ3v) is 5.08. The molecule has 0 aliphatic carbocycles. The lowest BCUT2D eigenvalue weighted by atomic mass is 10.0. The fourth-order valence-corrected chi connectivity index (χ4v) is 3.27. The number of hydrogen-bond donors (Lipinski definition) is 1. The minimum Gasteiger partial charge on any atom is -0.211 e. The summed E-state index contributed by atoms with van der Waals surface area (Å²) in [6.45, 7) is 5.99. The first-order valence-electron chi connectivity index (χ1n) is 7.69. The lowest BCUT2D eigenvalue weighted by molar-refractivity contribution is 0.581. The van der Waals surface area contributed by atoms with Crippen LogP contribution in [0, 0.1) is 12.3 Å². The van der Waals surface area contributed by atoms with Gasteiger partial charge in [-0.15, -0.1) is 18.9 Å². The summed E-state index contributed by atoms with van der Waals surface area (Å²) in [5.74, 6) is 2.61. The molecule has 0 saturated heterocycles. The fourth-order valence-electron chi connectivity index (χ4n) is 2.24. The predicted molar refractivity (Wildman–Crippen MR) is 99.0 cm³/mol. The van der Waals surface area contributed by atoms with Crippen LogP contribution in [0.25, 0.3) is 11.1 Å². The molecule has 3 nitrogen and oxygen atoms in total. The summed E-state index contributed by atoms with van der Waals surface area (Å²) in [7, 11) is -3.48. The summed E-state index contributed by atoms with van der Waals surface area (Å²) >= 11 is 0. The van der Waals surface area contributed by atoms with Crippen LogP contribution in [0.3, 0.4) is 0 Å². The second kappa shape index (κ2) is 7.96. The van der Waals surface area contributed by atoms with Gasteiger partial charge in [-0.25, -0.2) is 13.1 Å².